The molecule has 2 aromatic heterocycles. The van der Waals surface area contributed by atoms with Gasteiger partial charge in [-0.1, -0.05) is 0 Å². The minimum Gasteiger partial charge on any atom is -0.322 e. The maximum absolute atomic E-state index is 12.6. The van der Waals surface area contributed by atoms with Crippen LogP contribution in [0.5, 0.6) is 0 Å². The van der Waals surface area contributed by atoms with Crippen molar-refractivity contribution in [1.29, 1.82) is 0 Å². The second kappa shape index (κ2) is 4.91. The molecule has 3 N–H and O–H groups in total. The van der Waals surface area contributed by atoms with Crippen molar-refractivity contribution in [2.24, 2.45) is 0 Å². The van der Waals surface area contributed by atoms with E-state index in [0.29, 0.717) is 11.1 Å². The number of hydrogen-bond donors (Lipinski definition) is 3. The van der Waals surface area contributed by atoms with Gasteiger partial charge in [0, 0.05) is 22.3 Å². The summed E-state index contributed by atoms with van der Waals surface area (Å²) in [6.07, 6.45) is 0. The van der Waals surface area contributed by atoms with Crippen LogP contribution in [0.25, 0.3) is 21.9 Å². The molecule has 0 bridgehead atoms. The number of rotatable bonds is 2. The van der Waals surface area contributed by atoms with Crippen LogP contribution >= 0.6 is 0 Å². The summed E-state index contributed by atoms with van der Waals surface area (Å²) in [5.41, 5.74) is 5.42. The van der Waals surface area contributed by atoms with Crippen LogP contribution in [0.4, 0.5) is 5.69 Å². The Morgan fingerprint density at radius 1 is 1.00 bits per heavy atom. The van der Waals surface area contributed by atoms with Gasteiger partial charge in [0.2, 0.25) is 0 Å². The monoisotopic (exact) mass is 306 g/mol. The predicted octanol–water partition coefficient (Wildman–Crippen LogP) is 2.70. The van der Waals surface area contributed by atoms with E-state index in [1.54, 1.807) is 6.07 Å². The highest BCUT2D eigenvalue weighted by atomic mass is 16.1. The number of aryl methyl sites for hydroxylation is 2. The maximum atomic E-state index is 12.6. The molecule has 4 aromatic rings. The van der Waals surface area contributed by atoms with Gasteiger partial charge in [0.25, 0.3) is 5.91 Å². The van der Waals surface area contributed by atoms with E-state index in [9.17, 15) is 4.79 Å². The van der Waals surface area contributed by atoms with Crippen LogP contribution in [0.1, 0.15) is 21.6 Å². The third kappa shape index (κ3) is 2.22. The van der Waals surface area contributed by atoms with Crippen molar-refractivity contribution < 1.29 is 4.79 Å². The lowest BCUT2D eigenvalue weighted by Gasteiger charge is -2.08. The number of aromatic nitrogens is 5. The van der Waals surface area contributed by atoms with Gasteiger partial charge >= 0.3 is 0 Å². The van der Waals surface area contributed by atoms with Crippen molar-refractivity contribution in [2.75, 3.05) is 5.32 Å². The quantitative estimate of drug-likeness (QED) is 0.530. The molecule has 0 aliphatic carbocycles. The van der Waals surface area contributed by atoms with E-state index in [2.05, 4.69) is 30.9 Å². The molecule has 0 spiro atoms. The van der Waals surface area contributed by atoms with E-state index in [4.69, 9.17) is 0 Å². The number of aromatic amines is 2. The van der Waals surface area contributed by atoms with Gasteiger partial charge in [-0.3, -0.25) is 9.89 Å². The number of fused-ring (bicyclic) bond motifs is 2. The average molecular weight is 306 g/mol. The Balaban J connectivity index is 1.69. The fraction of sp³-hybridized carbons (Fsp3) is 0.125. The number of H-pyrrole nitrogens is 2. The molecule has 0 atom stereocenters. The van der Waals surface area contributed by atoms with Crippen molar-refractivity contribution >= 4 is 33.5 Å². The van der Waals surface area contributed by atoms with E-state index in [-0.39, 0.29) is 5.91 Å². The number of anilines is 1. The maximum Gasteiger partial charge on any atom is 0.256 e. The lowest BCUT2D eigenvalue weighted by atomic mass is 10.1. The molecule has 7 heteroatoms. The summed E-state index contributed by atoms with van der Waals surface area (Å²) in [7, 11) is 0. The van der Waals surface area contributed by atoms with Gasteiger partial charge in [-0.15, -0.1) is 0 Å². The zero-order chi connectivity index (χ0) is 16.0. The Morgan fingerprint density at radius 2 is 1.78 bits per heavy atom. The summed E-state index contributed by atoms with van der Waals surface area (Å²) in [4.78, 5) is 12.6. The van der Waals surface area contributed by atoms with E-state index in [1.165, 1.54) is 0 Å². The number of carbonyl (C=O) groups excluding carboxylic acids is 1. The SMILES string of the molecule is Cc1cc2n[nH]nc2cc1C(=O)Nc1ccc2n[nH]c(C)c2c1. The molecule has 2 heterocycles. The van der Waals surface area contributed by atoms with Crippen molar-refractivity contribution in [3.05, 3.63) is 47.2 Å². The van der Waals surface area contributed by atoms with E-state index < -0.39 is 0 Å². The molecular formula is C16H14N6O. The van der Waals surface area contributed by atoms with Gasteiger partial charge in [-0.25, -0.2) is 0 Å². The first-order valence-electron chi connectivity index (χ1n) is 7.19. The van der Waals surface area contributed by atoms with Crippen molar-refractivity contribution in [1.82, 2.24) is 25.6 Å². The van der Waals surface area contributed by atoms with Crippen LogP contribution in [-0.4, -0.2) is 31.5 Å². The lowest BCUT2D eigenvalue weighted by molar-refractivity contribution is 0.102. The summed E-state index contributed by atoms with van der Waals surface area (Å²) >= 11 is 0. The molecule has 2 aromatic carbocycles. The Kier molecular flexibility index (Phi) is 2.87. The number of benzene rings is 2. The Morgan fingerprint density at radius 3 is 2.61 bits per heavy atom. The number of amides is 1. The third-order valence-electron chi connectivity index (χ3n) is 3.91. The highest BCUT2D eigenvalue weighted by Gasteiger charge is 2.13. The number of carbonyl (C=O) groups is 1. The lowest BCUT2D eigenvalue weighted by Crippen LogP contribution is -2.13. The summed E-state index contributed by atoms with van der Waals surface area (Å²) in [5.74, 6) is -0.173. The predicted molar refractivity (Wildman–Crippen MR) is 87.4 cm³/mol. The van der Waals surface area contributed by atoms with Crippen LogP contribution in [0, 0.1) is 13.8 Å². The van der Waals surface area contributed by atoms with Crippen LogP contribution in [-0.2, 0) is 0 Å². The van der Waals surface area contributed by atoms with Gasteiger partial charge in [0.15, 0.2) is 0 Å². The van der Waals surface area contributed by atoms with Gasteiger partial charge in [-0.2, -0.15) is 20.5 Å². The van der Waals surface area contributed by atoms with Crippen LogP contribution < -0.4 is 5.32 Å². The molecule has 7 nitrogen and oxygen atoms in total. The molecule has 0 unspecified atom stereocenters. The van der Waals surface area contributed by atoms with Gasteiger partial charge in [0.05, 0.1) is 5.52 Å². The standard InChI is InChI=1S/C16H14N6O/c1-8-5-14-15(21-22-20-14)7-11(8)16(23)17-10-3-4-13-12(6-10)9(2)18-19-13/h3-7H,1-2H3,(H,17,23)(H,18,19)(H,20,21,22). The van der Waals surface area contributed by atoms with E-state index >= 15 is 0 Å². The number of nitrogens with zero attached hydrogens (tertiary/aromatic N) is 3. The molecule has 23 heavy (non-hydrogen) atoms. The van der Waals surface area contributed by atoms with Gasteiger partial charge in [0.1, 0.15) is 11.0 Å². The van der Waals surface area contributed by atoms with E-state index in [0.717, 1.165) is 33.4 Å². The Labute approximate surface area is 131 Å². The first-order valence-corrected chi connectivity index (χ1v) is 7.19. The molecular weight excluding hydrogens is 292 g/mol. The topological polar surface area (TPSA) is 99.3 Å². The second-order valence-corrected chi connectivity index (χ2v) is 5.51. The number of hydrogen-bond acceptors (Lipinski definition) is 4. The summed E-state index contributed by atoms with van der Waals surface area (Å²) in [5, 5.41) is 21.6. The van der Waals surface area contributed by atoms with Crippen molar-refractivity contribution in [3.63, 3.8) is 0 Å². The highest BCUT2D eigenvalue weighted by molar-refractivity contribution is 6.07. The molecule has 0 radical (unpaired) electrons. The molecule has 0 fully saturated rings. The molecule has 4 rings (SSSR count). The molecule has 0 saturated heterocycles. The fourth-order valence-corrected chi connectivity index (χ4v) is 2.65. The fourth-order valence-electron chi connectivity index (χ4n) is 2.65. The average Bonchev–Trinajstić information content (AvgIpc) is 3.13. The second-order valence-electron chi connectivity index (χ2n) is 5.51. The summed E-state index contributed by atoms with van der Waals surface area (Å²) < 4.78 is 0. The smallest absolute Gasteiger partial charge is 0.256 e. The van der Waals surface area contributed by atoms with E-state index in [1.807, 2.05) is 38.1 Å². The first-order chi connectivity index (χ1) is 11.1. The van der Waals surface area contributed by atoms with Crippen LogP contribution in [0.15, 0.2) is 30.3 Å². The van der Waals surface area contributed by atoms with Gasteiger partial charge in [-0.05, 0) is 49.7 Å². The molecule has 114 valence electrons. The summed E-state index contributed by atoms with van der Waals surface area (Å²) in [6, 6.07) is 9.21. The highest BCUT2D eigenvalue weighted by Crippen LogP contribution is 2.22. The zero-order valence-electron chi connectivity index (χ0n) is 12.6. The largest absolute Gasteiger partial charge is 0.322 e. The Hall–Kier alpha value is -3.22. The van der Waals surface area contributed by atoms with Crippen LogP contribution in [0.2, 0.25) is 0 Å². The Bertz CT molecular complexity index is 1050. The van der Waals surface area contributed by atoms with Gasteiger partial charge < -0.3 is 5.32 Å². The molecule has 0 aliphatic rings. The normalized spacial score (nSPS) is 11.2. The molecule has 0 saturated carbocycles. The molecule has 1 amide bonds. The summed E-state index contributed by atoms with van der Waals surface area (Å²) in [6.45, 7) is 3.83. The number of nitrogens with one attached hydrogen (secondary N) is 3. The van der Waals surface area contributed by atoms with Crippen molar-refractivity contribution in [3.8, 4) is 0 Å². The van der Waals surface area contributed by atoms with Crippen molar-refractivity contribution in [2.45, 2.75) is 13.8 Å². The molecule has 0 aliphatic heterocycles. The van der Waals surface area contributed by atoms with Crippen LogP contribution in [0.3, 0.4) is 0 Å². The third-order valence-corrected chi connectivity index (χ3v) is 3.91. The first kappa shape index (κ1) is 13.4. The zero-order valence-corrected chi connectivity index (χ0v) is 12.6. The minimum absolute atomic E-state index is 0.173. The minimum atomic E-state index is -0.173.